The molecule has 0 aliphatic rings. The third-order valence-electron chi connectivity index (χ3n) is 3.93. The van der Waals surface area contributed by atoms with Gasteiger partial charge >= 0.3 is 0 Å². The molecule has 4 nitrogen and oxygen atoms in total. The summed E-state index contributed by atoms with van der Waals surface area (Å²) in [6.45, 7) is 0. The Hall–Kier alpha value is -3.27. The molecule has 0 saturated carbocycles. The Labute approximate surface area is 139 Å². The van der Waals surface area contributed by atoms with Crippen molar-refractivity contribution in [3.05, 3.63) is 66.7 Å². The van der Waals surface area contributed by atoms with E-state index in [0.717, 1.165) is 33.5 Å². The lowest BCUT2D eigenvalue weighted by atomic mass is 10.1. The standard InChI is InChI=1S/C20H16N2O2/c1-23-17-7-3-4-13(11-17)14-8-9-18-19(12-14)24-20(22-18)15-5-2-6-16(21)10-15/h2-12H,21H2,1H3. The maximum atomic E-state index is 5.93. The van der Waals surface area contributed by atoms with Crippen LogP contribution in [0.4, 0.5) is 5.69 Å². The van der Waals surface area contributed by atoms with Crippen LogP contribution in [0.5, 0.6) is 5.75 Å². The van der Waals surface area contributed by atoms with E-state index < -0.39 is 0 Å². The molecule has 24 heavy (non-hydrogen) atoms. The average molecular weight is 316 g/mol. The van der Waals surface area contributed by atoms with Crippen LogP contribution in [0.1, 0.15) is 0 Å². The van der Waals surface area contributed by atoms with Crippen molar-refractivity contribution in [2.45, 2.75) is 0 Å². The number of nitrogens with two attached hydrogens (primary N) is 1. The van der Waals surface area contributed by atoms with E-state index >= 15 is 0 Å². The maximum Gasteiger partial charge on any atom is 0.227 e. The van der Waals surface area contributed by atoms with Gasteiger partial charge in [-0.2, -0.15) is 0 Å². The average Bonchev–Trinajstić information content (AvgIpc) is 3.05. The summed E-state index contributed by atoms with van der Waals surface area (Å²) in [6, 6.07) is 21.4. The summed E-state index contributed by atoms with van der Waals surface area (Å²) in [5.41, 5.74) is 11.1. The molecule has 0 bridgehead atoms. The molecule has 0 atom stereocenters. The highest BCUT2D eigenvalue weighted by Gasteiger charge is 2.10. The van der Waals surface area contributed by atoms with Crippen LogP contribution in [-0.2, 0) is 0 Å². The normalized spacial score (nSPS) is 10.9. The number of methoxy groups -OCH3 is 1. The summed E-state index contributed by atoms with van der Waals surface area (Å²) in [4.78, 5) is 4.55. The molecule has 1 aromatic heterocycles. The largest absolute Gasteiger partial charge is 0.497 e. The molecule has 3 aromatic carbocycles. The number of benzene rings is 3. The maximum absolute atomic E-state index is 5.93. The molecule has 0 aliphatic carbocycles. The monoisotopic (exact) mass is 316 g/mol. The van der Waals surface area contributed by atoms with Crippen LogP contribution in [0.2, 0.25) is 0 Å². The van der Waals surface area contributed by atoms with Gasteiger partial charge in [0.15, 0.2) is 5.58 Å². The highest BCUT2D eigenvalue weighted by molar-refractivity contribution is 5.82. The van der Waals surface area contributed by atoms with Crippen molar-refractivity contribution in [3.8, 4) is 28.3 Å². The molecular weight excluding hydrogens is 300 g/mol. The first-order valence-corrected chi connectivity index (χ1v) is 7.64. The molecule has 0 saturated heterocycles. The number of aromatic nitrogens is 1. The molecule has 1 heterocycles. The number of oxazole rings is 1. The Balaban J connectivity index is 1.78. The number of rotatable bonds is 3. The molecule has 0 radical (unpaired) electrons. The van der Waals surface area contributed by atoms with Crippen LogP contribution in [0.15, 0.2) is 71.1 Å². The third kappa shape index (κ3) is 2.58. The number of nitrogen functional groups attached to an aromatic ring is 1. The molecule has 0 fully saturated rings. The van der Waals surface area contributed by atoms with Crippen LogP contribution in [0, 0.1) is 0 Å². The van der Waals surface area contributed by atoms with E-state index in [1.165, 1.54) is 0 Å². The molecule has 0 amide bonds. The fourth-order valence-corrected chi connectivity index (χ4v) is 2.70. The zero-order valence-electron chi connectivity index (χ0n) is 13.2. The van der Waals surface area contributed by atoms with Crippen molar-refractivity contribution in [1.29, 1.82) is 0 Å². The minimum absolute atomic E-state index is 0.570. The minimum atomic E-state index is 0.570. The Morgan fingerprint density at radius 2 is 1.67 bits per heavy atom. The number of fused-ring (bicyclic) bond motifs is 1. The zero-order chi connectivity index (χ0) is 16.5. The summed E-state index contributed by atoms with van der Waals surface area (Å²) in [5.74, 6) is 1.39. The Bertz CT molecular complexity index is 1020. The van der Waals surface area contributed by atoms with E-state index in [2.05, 4.69) is 4.98 Å². The summed E-state index contributed by atoms with van der Waals surface area (Å²) >= 11 is 0. The second kappa shape index (κ2) is 5.74. The Kier molecular flexibility index (Phi) is 3.43. The van der Waals surface area contributed by atoms with Gasteiger partial charge in [-0.25, -0.2) is 4.98 Å². The lowest BCUT2D eigenvalue weighted by Gasteiger charge is -2.04. The molecule has 0 spiro atoms. The SMILES string of the molecule is COc1cccc(-c2ccc3nc(-c4cccc(N)c4)oc3c2)c1. The highest BCUT2D eigenvalue weighted by Crippen LogP contribution is 2.30. The number of anilines is 1. The first kappa shape index (κ1) is 14.3. The predicted octanol–water partition coefficient (Wildman–Crippen LogP) is 4.75. The van der Waals surface area contributed by atoms with Crippen molar-refractivity contribution in [1.82, 2.24) is 4.98 Å². The molecule has 118 valence electrons. The fourth-order valence-electron chi connectivity index (χ4n) is 2.70. The topological polar surface area (TPSA) is 61.3 Å². The number of nitrogens with zero attached hydrogens (tertiary/aromatic N) is 1. The van der Waals surface area contributed by atoms with Gasteiger partial charge in [-0.15, -0.1) is 0 Å². The predicted molar refractivity (Wildman–Crippen MR) is 95.8 cm³/mol. The molecule has 0 aliphatic heterocycles. The second-order valence-corrected chi connectivity index (χ2v) is 5.56. The van der Waals surface area contributed by atoms with E-state index in [0.29, 0.717) is 11.6 Å². The van der Waals surface area contributed by atoms with Gasteiger partial charge < -0.3 is 14.9 Å². The van der Waals surface area contributed by atoms with Crippen molar-refractivity contribution < 1.29 is 9.15 Å². The van der Waals surface area contributed by atoms with Gasteiger partial charge in [-0.1, -0.05) is 24.3 Å². The van der Waals surface area contributed by atoms with Crippen molar-refractivity contribution in [2.75, 3.05) is 12.8 Å². The quantitative estimate of drug-likeness (QED) is 0.554. The first-order chi connectivity index (χ1) is 11.7. The lowest BCUT2D eigenvalue weighted by molar-refractivity contribution is 0.415. The van der Waals surface area contributed by atoms with Gasteiger partial charge in [-0.3, -0.25) is 0 Å². The van der Waals surface area contributed by atoms with Gasteiger partial charge in [0, 0.05) is 11.3 Å². The van der Waals surface area contributed by atoms with E-state index in [1.54, 1.807) is 7.11 Å². The van der Waals surface area contributed by atoms with Crippen LogP contribution in [0.25, 0.3) is 33.7 Å². The Morgan fingerprint density at radius 3 is 2.50 bits per heavy atom. The fraction of sp³-hybridized carbons (Fsp3) is 0.0500. The van der Waals surface area contributed by atoms with Crippen molar-refractivity contribution >= 4 is 16.8 Å². The molecule has 2 N–H and O–H groups in total. The van der Waals surface area contributed by atoms with Gasteiger partial charge in [0.25, 0.3) is 0 Å². The number of hydrogen-bond acceptors (Lipinski definition) is 4. The number of ether oxygens (including phenoxy) is 1. The van der Waals surface area contributed by atoms with Crippen LogP contribution < -0.4 is 10.5 Å². The van der Waals surface area contributed by atoms with Crippen molar-refractivity contribution in [2.24, 2.45) is 0 Å². The van der Waals surface area contributed by atoms with E-state index in [-0.39, 0.29) is 0 Å². The van der Waals surface area contributed by atoms with Crippen molar-refractivity contribution in [3.63, 3.8) is 0 Å². The second-order valence-electron chi connectivity index (χ2n) is 5.56. The summed E-state index contributed by atoms with van der Waals surface area (Å²) in [7, 11) is 1.66. The molecular formula is C20H16N2O2. The minimum Gasteiger partial charge on any atom is -0.497 e. The van der Waals surface area contributed by atoms with E-state index in [9.17, 15) is 0 Å². The van der Waals surface area contributed by atoms with Gasteiger partial charge in [0.2, 0.25) is 5.89 Å². The first-order valence-electron chi connectivity index (χ1n) is 7.64. The molecule has 4 rings (SSSR count). The number of hydrogen-bond donors (Lipinski definition) is 1. The third-order valence-corrected chi connectivity index (χ3v) is 3.93. The van der Waals surface area contributed by atoms with Crippen LogP contribution in [0.3, 0.4) is 0 Å². The van der Waals surface area contributed by atoms with Gasteiger partial charge in [-0.05, 0) is 53.6 Å². The molecule has 0 unspecified atom stereocenters. The van der Waals surface area contributed by atoms with Gasteiger partial charge in [0.1, 0.15) is 11.3 Å². The molecule has 4 aromatic rings. The summed E-state index contributed by atoms with van der Waals surface area (Å²) < 4.78 is 11.2. The smallest absolute Gasteiger partial charge is 0.227 e. The molecule has 4 heteroatoms. The van der Waals surface area contributed by atoms with Crippen LogP contribution in [-0.4, -0.2) is 12.1 Å². The van der Waals surface area contributed by atoms with E-state index in [4.69, 9.17) is 14.9 Å². The summed E-state index contributed by atoms with van der Waals surface area (Å²) in [6.07, 6.45) is 0. The van der Waals surface area contributed by atoms with Crippen LogP contribution >= 0.6 is 0 Å². The lowest BCUT2D eigenvalue weighted by Crippen LogP contribution is -1.84. The van der Waals surface area contributed by atoms with Gasteiger partial charge in [0.05, 0.1) is 7.11 Å². The van der Waals surface area contributed by atoms with E-state index in [1.807, 2.05) is 66.7 Å². The Morgan fingerprint density at radius 1 is 0.875 bits per heavy atom. The summed E-state index contributed by atoms with van der Waals surface area (Å²) in [5, 5.41) is 0. The zero-order valence-corrected chi connectivity index (χ0v) is 13.2. The highest BCUT2D eigenvalue weighted by atomic mass is 16.5.